The molecule has 0 atom stereocenters. The van der Waals surface area contributed by atoms with Crippen molar-refractivity contribution in [3.8, 4) is 0 Å². The molecule has 0 aliphatic rings. The summed E-state index contributed by atoms with van der Waals surface area (Å²) in [5, 5.41) is 18.0. The summed E-state index contributed by atoms with van der Waals surface area (Å²) in [4.78, 5) is 21.0. The summed E-state index contributed by atoms with van der Waals surface area (Å²) >= 11 is 0. The van der Waals surface area contributed by atoms with Crippen molar-refractivity contribution in [3.05, 3.63) is 12.4 Å². The summed E-state index contributed by atoms with van der Waals surface area (Å²) in [6, 6.07) is 0. The van der Waals surface area contributed by atoms with Gasteiger partial charge in [-0.2, -0.15) is 0 Å². The van der Waals surface area contributed by atoms with Crippen molar-refractivity contribution in [1.82, 2.24) is 20.3 Å². The maximum absolute atomic E-state index is 10.8. The Hall–Kier alpha value is -1.92. The molecule has 2 N–H and O–H groups in total. The molecule has 0 spiro atoms. The van der Waals surface area contributed by atoms with Crippen LogP contribution in [-0.4, -0.2) is 38.5 Å². The van der Waals surface area contributed by atoms with Gasteiger partial charge in [0.2, 0.25) is 5.91 Å². The van der Waals surface area contributed by atoms with Gasteiger partial charge in [-0.25, -0.2) is 0 Å². The Balaban J connectivity index is 2.15. The molecule has 0 fully saturated rings. The molecule has 0 radical (unpaired) electrons. The second-order valence-electron chi connectivity index (χ2n) is 2.59. The Morgan fingerprint density at radius 3 is 2.86 bits per heavy atom. The number of hydrogen-bond donors (Lipinski definition) is 2. The number of carboxylic acid groups (broad SMARTS) is 1. The Morgan fingerprint density at radius 1 is 1.50 bits per heavy atom. The number of amides is 1. The first kappa shape index (κ1) is 10.2. The fraction of sp³-hybridized carbons (Fsp3) is 0.429. The normalized spacial score (nSPS) is 9.71. The predicted octanol–water partition coefficient (Wildman–Crippen LogP) is -1.13. The van der Waals surface area contributed by atoms with E-state index in [0.29, 0.717) is 13.1 Å². The first-order valence-electron chi connectivity index (χ1n) is 4.01. The van der Waals surface area contributed by atoms with Gasteiger partial charge >= 0.3 is 5.97 Å². The summed E-state index contributed by atoms with van der Waals surface area (Å²) in [5.41, 5.74) is 0. The topological polar surface area (TPSA) is 97.1 Å². The maximum atomic E-state index is 10.8. The van der Waals surface area contributed by atoms with E-state index in [0.717, 1.165) is 0 Å². The van der Waals surface area contributed by atoms with E-state index in [2.05, 4.69) is 15.6 Å². The molecular weight excluding hydrogens is 188 g/mol. The van der Waals surface area contributed by atoms with Gasteiger partial charge in [-0.1, -0.05) is 5.21 Å². The predicted molar refractivity (Wildman–Crippen MR) is 45.3 cm³/mol. The number of carbonyl (C=O) groups excluding carboxylic acids is 1. The summed E-state index contributed by atoms with van der Waals surface area (Å²) in [7, 11) is 0. The highest BCUT2D eigenvalue weighted by atomic mass is 16.4. The first-order valence-corrected chi connectivity index (χ1v) is 4.01. The van der Waals surface area contributed by atoms with E-state index in [1.54, 1.807) is 10.9 Å². The Labute approximate surface area is 79.7 Å². The van der Waals surface area contributed by atoms with Crippen molar-refractivity contribution < 1.29 is 14.7 Å². The van der Waals surface area contributed by atoms with Crippen LogP contribution >= 0.6 is 0 Å². The molecule has 7 nitrogen and oxygen atoms in total. The van der Waals surface area contributed by atoms with Gasteiger partial charge in [0.1, 0.15) is 6.42 Å². The molecule has 1 amide bonds. The molecule has 0 aromatic carbocycles. The van der Waals surface area contributed by atoms with Crippen LogP contribution in [0, 0.1) is 0 Å². The number of hydrogen-bond acceptors (Lipinski definition) is 4. The number of aromatic nitrogens is 3. The zero-order valence-corrected chi connectivity index (χ0v) is 7.38. The van der Waals surface area contributed by atoms with Gasteiger partial charge < -0.3 is 10.4 Å². The van der Waals surface area contributed by atoms with Gasteiger partial charge in [0.05, 0.1) is 12.7 Å². The molecule has 7 heteroatoms. The van der Waals surface area contributed by atoms with Crippen LogP contribution in [0.4, 0.5) is 0 Å². The first-order chi connectivity index (χ1) is 6.68. The lowest BCUT2D eigenvalue weighted by molar-refractivity contribution is -0.140. The lowest BCUT2D eigenvalue weighted by Gasteiger charge is -2.02. The third-order valence-corrected chi connectivity index (χ3v) is 1.45. The van der Waals surface area contributed by atoms with E-state index in [-0.39, 0.29) is 0 Å². The van der Waals surface area contributed by atoms with E-state index in [1.807, 2.05) is 0 Å². The lowest BCUT2D eigenvalue weighted by Crippen LogP contribution is -2.28. The molecule has 14 heavy (non-hydrogen) atoms. The molecule has 1 aromatic heterocycles. The second-order valence-corrected chi connectivity index (χ2v) is 2.59. The van der Waals surface area contributed by atoms with E-state index >= 15 is 0 Å². The van der Waals surface area contributed by atoms with Crippen molar-refractivity contribution in [3.63, 3.8) is 0 Å². The van der Waals surface area contributed by atoms with E-state index < -0.39 is 18.3 Å². The molecule has 0 unspecified atom stereocenters. The highest BCUT2D eigenvalue weighted by Gasteiger charge is 2.05. The van der Waals surface area contributed by atoms with Crippen LogP contribution in [0.25, 0.3) is 0 Å². The van der Waals surface area contributed by atoms with Gasteiger partial charge in [-0.3, -0.25) is 14.3 Å². The van der Waals surface area contributed by atoms with Crippen molar-refractivity contribution >= 4 is 11.9 Å². The smallest absolute Gasteiger partial charge is 0.312 e. The monoisotopic (exact) mass is 198 g/mol. The van der Waals surface area contributed by atoms with Crippen LogP contribution in [0.5, 0.6) is 0 Å². The SMILES string of the molecule is O=C(O)CC(=O)NCCn1ccnn1. The molecular formula is C7H10N4O3. The number of nitrogens with one attached hydrogen (secondary N) is 1. The van der Waals surface area contributed by atoms with Crippen LogP contribution in [-0.2, 0) is 16.1 Å². The number of carbonyl (C=O) groups is 2. The van der Waals surface area contributed by atoms with Crippen molar-refractivity contribution in [2.24, 2.45) is 0 Å². The fourth-order valence-corrected chi connectivity index (χ4v) is 0.862. The quantitative estimate of drug-likeness (QED) is 0.583. The van der Waals surface area contributed by atoms with Gasteiger partial charge in [0.15, 0.2) is 0 Å². The van der Waals surface area contributed by atoms with Crippen molar-refractivity contribution in [2.45, 2.75) is 13.0 Å². The summed E-state index contributed by atoms with van der Waals surface area (Å²) in [5.74, 6) is -1.64. The zero-order valence-electron chi connectivity index (χ0n) is 7.38. The van der Waals surface area contributed by atoms with Crippen LogP contribution < -0.4 is 5.32 Å². The largest absolute Gasteiger partial charge is 0.481 e. The Kier molecular flexibility index (Phi) is 3.59. The van der Waals surface area contributed by atoms with Gasteiger partial charge in [-0.05, 0) is 0 Å². The van der Waals surface area contributed by atoms with Crippen LogP contribution in [0.1, 0.15) is 6.42 Å². The molecule has 0 aliphatic heterocycles. The summed E-state index contributed by atoms with van der Waals surface area (Å²) in [6.45, 7) is 0.820. The molecule has 1 aromatic rings. The molecule has 0 saturated carbocycles. The fourth-order valence-electron chi connectivity index (χ4n) is 0.862. The third kappa shape index (κ3) is 3.65. The average Bonchev–Trinajstić information content (AvgIpc) is 2.55. The second kappa shape index (κ2) is 4.95. The van der Waals surface area contributed by atoms with Crippen LogP contribution in [0.2, 0.25) is 0 Å². The number of nitrogens with zero attached hydrogens (tertiary/aromatic N) is 3. The third-order valence-electron chi connectivity index (χ3n) is 1.45. The lowest BCUT2D eigenvalue weighted by atomic mass is 10.4. The molecule has 0 saturated heterocycles. The molecule has 1 heterocycles. The molecule has 1 rings (SSSR count). The summed E-state index contributed by atoms with van der Waals surface area (Å²) < 4.78 is 1.54. The highest BCUT2D eigenvalue weighted by molar-refractivity contribution is 5.93. The van der Waals surface area contributed by atoms with Crippen LogP contribution in [0.3, 0.4) is 0 Å². The minimum Gasteiger partial charge on any atom is -0.481 e. The number of rotatable bonds is 5. The molecule has 0 bridgehead atoms. The standard InChI is InChI=1S/C7H10N4O3/c12-6(5-7(13)14)8-1-3-11-4-2-9-10-11/h2,4H,1,3,5H2,(H,8,12)(H,13,14). The van der Waals surface area contributed by atoms with Gasteiger partial charge in [0, 0.05) is 12.7 Å². The maximum Gasteiger partial charge on any atom is 0.312 e. The number of carboxylic acids is 1. The molecule has 0 aliphatic carbocycles. The minimum atomic E-state index is -1.14. The van der Waals surface area contributed by atoms with Crippen molar-refractivity contribution in [2.75, 3.05) is 6.54 Å². The minimum absolute atomic E-state index is 0.343. The van der Waals surface area contributed by atoms with E-state index in [4.69, 9.17) is 5.11 Å². The van der Waals surface area contributed by atoms with E-state index in [1.165, 1.54) is 6.20 Å². The van der Waals surface area contributed by atoms with Crippen LogP contribution in [0.15, 0.2) is 12.4 Å². The zero-order chi connectivity index (χ0) is 10.4. The Morgan fingerprint density at radius 2 is 2.29 bits per heavy atom. The number of aliphatic carboxylic acids is 1. The average molecular weight is 198 g/mol. The van der Waals surface area contributed by atoms with E-state index in [9.17, 15) is 9.59 Å². The Bertz CT molecular complexity index is 309. The highest BCUT2D eigenvalue weighted by Crippen LogP contribution is 1.81. The molecule has 76 valence electrons. The van der Waals surface area contributed by atoms with Crippen molar-refractivity contribution in [1.29, 1.82) is 0 Å². The van der Waals surface area contributed by atoms with Gasteiger partial charge in [0.25, 0.3) is 0 Å². The van der Waals surface area contributed by atoms with Gasteiger partial charge in [-0.15, -0.1) is 5.10 Å². The summed E-state index contributed by atoms with van der Waals surface area (Å²) in [6.07, 6.45) is 2.68.